The van der Waals surface area contributed by atoms with Crippen molar-refractivity contribution >= 4 is 46.9 Å². The fraction of sp³-hybridized carbons (Fsp3) is 0.0800. The zero-order chi connectivity index (χ0) is 24.3. The highest BCUT2D eigenvalue weighted by molar-refractivity contribution is 6.39. The van der Waals surface area contributed by atoms with Crippen LogP contribution in [0.5, 0.6) is 11.5 Å². The average Bonchev–Trinajstić information content (AvgIpc) is 2.83. The smallest absolute Gasteiger partial charge is 0.329 e. The molecule has 0 unspecified atom stereocenters. The van der Waals surface area contributed by atoms with E-state index in [9.17, 15) is 9.59 Å². The van der Waals surface area contributed by atoms with E-state index in [-0.39, 0.29) is 6.61 Å². The Morgan fingerprint density at radius 1 is 0.912 bits per heavy atom. The van der Waals surface area contributed by atoms with Gasteiger partial charge in [-0.1, -0.05) is 54.1 Å². The molecule has 0 spiro atoms. The first-order chi connectivity index (χ1) is 16.5. The molecule has 2 amide bonds. The molecule has 3 aromatic rings. The van der Waals surface area contributed by atoms with Crippen LogP contribution in [-0.4, -0.2) is 24.6 Å². The van der Waals surface area contributed by atoms with Gasteiger partial charge in [0.15, 0.2) is 0 Å². The van der Waals surface area contributed by atoms with Gasteiger partial charge in [0.25, 0.3) is 0 Å². The SMILES string of the molecule is C=CCOc1ccc(NC(=O)C(=O)N/N=C\c2cccc(OCc3c(Cl)cccc3Cl)c2)cc1. The van der Waals surface area contributed by atoms with Crippen LogP contribution in [0, 0.1) is 0 Å². The predicted molar refractivity (Wildman–Crippen MR) is 134 cm³/mol. The van der Waals surface area contributed by atoms with Gasteiger partial charge in [0, 0.05) is 21.3 Å². The Morgan fingerprint density at radius 2 is 1.62 bits per heavy atom. The van der Waals surface area contributed by atoms with Gasteiger partial charge in [-0.15, -0.1) is 0 Å². The number of carbonyl (C=O) groups is 2. The molecule has 0 bridgehead atoms. The fourth-order valence-corrected chi connectivity index (χ4v) is 3.21. The Kier molecular flexibility index (Phi) is 9.08. The van der Waals surface area contributed by atoms with Crippen molar-refractivity contribution < 1.29 is 19.1 Å². The molecule has 0 fully saturated rings. The zero-order valence-electron chi connectivity index (χ0n) is 18.0. The molecule has 0 saturated heterocycles. The maximum Gasteiger partial charge on any atom is 0.329 e. The van der Waals surface area contributed by atoms with E-state index >= 15 is 0 Å². The number of rotatable bonds is 9. The molecule has 0 aliphatic carbocycles. The van der Waals surface area contributed by atoms with Crippen molar-refractivity contribution in [2.45, 2.75) is 6.61 Å². The van der Waals surface area contributed by atoms with Gasteiger partial charge >= 0.3 is 11.8 Å². The molecule has 0 aromatic heterocycles. The molecule has 0 saturated carbocycles. The highest BCUT2D eigenvalue weighted by atomic mass is 35.5. The third kappa shape index (κ3) is 7.37. The Labute approximate surface area is 207 Å². The minimum absolute atomic E-state index is 0.192. The van der Waals surface area contributed by atoms with Crippen molar-refractivity contribution in [1.29, 1.82) is 0 Å². The van der Waals surface area contributed by atoms with Gasteiger partial charge in [-0.25, -0.2) is 5.43 Å². The maximum absolute atomic E-state index is 12.1. The average molecular weight is 498 g/mol. The second kappa shape index (κ2) is 12.4. The van der Waals surface area contributed by atoms with Gasteiger partial charge in [0.05, 0.1) is 6.21 Å². The monoisotopic (exact) mass is 497 g/mol. The maximum atomic E-state index is 12.1. The summed E-state index contributed by atoms with van der Waals surface area (Å²) in [5.41, 5.74) is 3.97. The molecule has 2 N–H and O–H groups in total. The van der Waals surface area contributed by atoms with Crippen molar-refractivity contribution in [1.82, 2.24) is 5.43 Å². The number of nitrogens with zero attached hydrogens (tertiary/aromatic N) is 1. The van der Waals surface area contributed by atoms with E-state index in [2.05, 4.69) is 22.4 Å². The van der Waals surface area contributed by atoms with E-state index in [0.717, 1.165) is 0 Å². The lowest BCUT2D eigenvalue weighted by Gasteiger charge is -2.10. The summed E-state index contributed by atoms with van der Waals surface area (Å²) in [6.07, 6.45) is 3.02. The number of hydrazone groups is 1. The normalized spacial score (nSPS) is 10.5. The molecular weight excluding hydrogens is 477 g/mol. The first-order valence-electron chi connectivity index (χ1n) is 10.1. The first kappa shape index (κ1) is 24.8. The number of hydrogen-bond donors (Lipinski definition) is 2. The molecule has 34 heavy (non-hydrogen) atoms. The zero-order valence-corrected chi connectivity index (χ0v) is 19.5. The second-order valence-electron chi connectivity index (χ2n) is 6.84. The van der Waals surface area contributed by atoms with E-state index in [1.165, 1.54) is 6.21 Å². The lowest BCUT2D eigenvalue weighted by molar-refractivity contribution is -0.136. The Balaban J connectivity index is 1.51. The van der Waals surface area contributed by atoms with Crippen molar-refractivity contribution in [2.24, 2.45) is 5.10 Å². The van der Waals surface area contributed by atoms with Gasteiger partial charge < -0.3 is 14.8 Å². The molecule has 0 radical (unpaired) electrons. The van der Waals surface area contributed by atoms with E-state index in [1.807, 2.05) is 0 Å². The molecule has 0 heterocycles. The summed E-state index contributed by atoms with van der Waals surface area (Å²) in [6, 6.07) is 18.8. The summed E-state index contributed by atoms with van der Waals surface area (Å²) in [7, 11) is 0. The summed E-state index contributed by atoms with van der Waals surface area (Å²) in [5.74, 6) is -0.591. The summed E-state index contributed by atoms with van der Waals surface area (Å²) in [6.45, 7) is 4.14. The van der Waals surface area contributed by atoms with Crippen molar-refractivity contribution in [3.8, 4) is 11.5 Å². The molecule has 174 valence electrons. The van der Waals surface area contributed by atoms with Crippen LogP contribution in [0.1, 0.15) is 11.1 Å². The van der Waals surface area contributed by atoms with Crippen LogP contribution < -0.4 is 20.2 Å². The number of amides is 2. The van der Waals surface area contributed by atoms with Crippen LogP contribution in [-0.2, 0) is 16.2 Å². The largest absolute Gasteiger partial charge is 0.490 e. The van der Waals surface area contributed by atoms with E-state index < -0.39 is 11.8 Å². The van der Waals surface area contributed by atoms with Crippen LogP contribution in [0.15, 0.2) is 84.5 Å². The number of hydrogen-bond acceptors (Lipinski definition) is 5. The van der Waals surface area contributed by atoms with Gasteiger partial charge in [-0.3, -0.25) is 9.59 Å². The third-order valence-electron chi connectivity index (χ3n) is 4.37. The molecule has 9 heteroatoms. The molecule has 7 nitrogen and oxygen atoms in total. The summed E-state index contributed by atoms with van der Waals surface area (Å²) in [5, 5.41) is 7.34. The summed E-state index contributed by atoms with van der Waals surface area (Å²) < 4.78 is 11.1. The van der Waals surface area contributed by atoms with E-state index in [1.54, 1.807) is 72.8 Å². The molecule has 0 aliphatic rings. The van der Waals surface area contributed by atoms with Crippen molar-refractivity contribution in [3.63, 3.8) is 0 Å². The second-order valence-corrected chi connectivity index (χ2v) is 7.65. The molecular formula is C25H21Cl2N3O4. The number of carbonyl (C=O) groups excluding carboxylic acids is 2. The summed E-state index contributed by atoms with van der Waals surface area (Å²) >= 11 is 12.3. The number of nitrogens with one attached hydrogen (secondary N) is 2. The molecule has 0 aliphatic heterocycles. The topological polar surface area (TPSA) is 89.0 Å². The number of anilines is 1. The van der Waals surface area contributed by atoms with E-state index in [4.69, 9.17) is 32.7 Å². The third-order valence-corrected chi connectivity index (χ3v) is 5.08. The van der Waals surface area contributed by atoms with Gasteiger partial charge in [-0.05, 0) is 54.1 Å². The van der Waals surface area contributed by atoms with E-state index in [0.29, 0.717) is 45.0 Å². The van der Waals surface area contributed by atoms with Crippen LogP contribution in [0.3, 0.4) is 0 Å². The standard InChI is InChI=1S/C25H21Cl2N3O4/c1-2-13-33-19-11-9-18(10-12-19)29-24(31)25(32)30-28-15-17-5-3-6-20(14-17)34-16-21-22(26)7-4-8-23(21)27/h2-12,14-15H,1,13,16H2,(H,29,31)(H,30,32)/b28-15-. The molecule has 3 rings (SSSR count). The Hall–Kier alpha value is -3.81. The van der Waals surface area contributed by atoms with Crippen LogP contribution in [0.25, 0.3) is 0 Å². The van der Waals surface area contributed by atoms with Crippen LogP contribution >= 0.6 is 23.2 Å². The molecule has 0 atom stereocenters. The van der Waals surface area contributed by atoms with Crippen molar-refractivity contribution in [2.75, 3.05) is 11.9 Å². The highest BCUT2D eigenvalue weighted by Gasteiger charge is 2.13. The Bertz CT molecular complexity index is 1180. The van der Waals surface area contributed by atoms with Gasteiger partial charge in [0.1, 0.15) is 24.7 Å². The minimum atomic E-state index is -0.913. The lowest BCUT2D eigenvalue weighted by Crippen LogP contribution is -2.32. The lowest BCUT2D eigenvalue weighted by atomic mass is 10.2. The van der Waals surface area contributed by atoms with Crippen molar-refractivity contribution in [3.05, 3.63) is 101 Å². The fourth-order valence-electron chi connectivity index (χ4n) is 2.70. The highest BCUT2D eigenvalue weighted by Crippen LogP contribution is 2.26. The quantitative estimate of drug-likeness (QED) is 0.183. The van der Waals surface area contributed by atoms with Crippen LogP contribution in [0.2, 0.25) is 10.0 Å². The first-order valence-corrected chi connectivity index (χ1v) is 10.9. The number of ether oxygens (including phenoxy) is 2. The summed E-state index contributed by atoms with van der Waals surface area (Å²) in [4.78, 5) is 24.1. The van der Waals surface area contributed by atoms with Crippen LogP contribution in [0.4, 0.5) is 5.69 Å². The number of benzene rings is 3. The molecule has 3 aromatic carbocycles. The predicted octanol–water partition coefficient (Wildman–Crippen LogP) is 5.23. The van der Waals surface area contributed by atoms with Gasteiger partial charge in [-0.2, -0.15) is 5.10 Å². The Morgan fingerprint density at radius 3 is 2.32 bits per heavy atom. The minimum Gasteiger partial charge on any atom is -0.490 e. The van der Waals surface area contributed by atoms with Gasteiger partial charge in [0.2, 0.25) is 0 Å². The number of halogens is 2.